The monoisotopic (exact) mass is 143 g/mol. The van der Waals surface area contributed by atoms with Crippen LogP contribution in [-0.2, 0) is 9.53 Å². The van der Waals surface area contributed by atoms with E-state index in [0.717, 1.165) is 6.42 Å². The van der Waals surface area contributed by atoms with Crippen molar-refractivity contribution in [2.75, 3.05) is 7.11 Å². The van der Waals surface area contributed by atoms with Crippen molar-refractivity contribution in [3.8, 4) is 0 Å². The van der Waals surface area contributed by atoms with Crippen LogP contribution < -0.4 is 5.73 Å². The number of carbonyl (C=O) groups excluding carboxylic acids is 1. The number of hydrogen-bond acceptors (Lipinski definition) is 3. The molecule has 0 unspecified atom stereocenters. The average molecular weight is 143 g/mol. The van der Waals surface area contributed by atoms with Crippen LogP contribution in [0.1, 0.15) is 13.3 Å². The van der Waals surface area contributed by atoms with E-state index in [4.69, 9.17) is 5.73 Å². The fraction of sp³-hybridized carbons (Fsp3) is 0.571. The molecule has 0 aliphatic rings. The van der Waals surface area contributed by atoms with Gasteiger partial charge in [-0.25, -0.2) is 4.79 Å². The summed E-state index contributed by atoms with van der Waals surface area (Å²) in [6, 6.07) is -0.0425. The second-order valence-corrected chi connectivity index (χ2v) is 1.95. The number of methoxy groups -OCH3 is 1. The quantitative estimate of drug-likeness (QED) is 0.461. The number of nitrogens with two attached hydrogens (primary N) is 1. The topological polar surface area (TPSA) is 52.3 Å². The maximum atomic E-state index is 10.5. The number of hydrogen-bond donors (Lipinski definition) is 1. The van der Waals surface area contributed by atoms with E-state index in [1.165, 1.54) is 13.2 Å². The van der Waals surface area contributed by atoms with E-state index in [-0.39, 0.29) is 12.0 Å². The normalized spacial score (nSPS) is 13.5. The van der Waals surface area contributed by atoms with Crippen LogP contribution in [0.5, 0.6) is 0 Å². The van der Waals surface area contributed by atoms with Gasteiger partial charge in [0.05, 0.1) is 7.11 Å². The summed E-state index contributed by atoms with van der Waals surface area (Å²) in [4.78, 5) is 10.5. The second kappa shape index (κ2) is 4.99. The molecule has 0 aliphatic heterocycles. The highest BCUT2D eigenvalue weighted by Gasteiger charge is 1.93. The van der Waals surface area contributed by atoms with Crippen LogP contribution in [0.2, 0.25) is 0 Å². The Kier molecular flexibility index (Phi) is 4.58. The first-order chi connectivity index (χ1) is 4.70. The zero-order valence-electron chi connectivity index (χ0n) is 6.33. The molecule has 2 N–H and O–H groups in total. The first-order valence-electron chi connectivity index (χ1n) is 3.22. The zero-order chi connectivity index (χ0) is 7.98. The smallest absolute Gasteiger partial charge is 0.330 e. The minimum Gasteiger partial charge on any atom is -0.466 e. The molecular weight excluding hydrogens is 130 g/mol. The summed E-state index contributed by atoms with van der Waals surface area (Å²) in [6.45, 7) is 1.95. The maximum absolute atomic E-state index is 10.5. The fourth-order valence-electron chi connectivity index (χ4n) is 0.406. The minimum absolute atomic E-state index is 0.0425. The van der Waals surface area contributed by atoms with Gasteiger partial charge in [-0.15, -0.1) is 0 Å². The van der Waals surface area contributed by atoms with Gasteiger partial charge in [-0.1, -0.05) is 13.0 Å². The molecule has 0 saturated carbocycles. The minimum atomic E-state index is -0.357. The van der Waals surface area contributed by atoms with Crippen LogP contribution >= 0.6 is 0 Å². The Morgan fingerprint density at radius 1 is 1.80 bits per heavy atom. The van der Waals surface area contributed by atoms with Crippen LogP contribution in [0.4, 0.5) is 0 Å². The molecule has 0 radical (unpaired) electrons. The molecule has 3 heteroatoms. The van der Waals surface area contributed by atoms with Crippen LogP contribution in [0.3, 0.4) is 0 Å². The number of esters is 1. The van der Waals surface area contributed by atoms with Crippen LogP contribution in [0.15, 0.2) is 12.2 Å². The Morgan fingerprint density at radius 2 is 2.40 bits per heavy atom. The van der Waals surface area contributed by atoms with Crippen molar-refractivity contribution in [2.45, 2.75) is 19.4 Å². The van der Waals surface area contributed by atoms with E-state index in [1.807, 2.05) is 6.92 Å². The number of rotatable bonds is 3. The lowest BCUT2D eigenvalue weighted by Gasteiger charge is -1.98. The predicted molar refractivity (Wildman–Crippen MR) is 39.4 cm³/mol. The Labute approximate surface area is 60.9 Å². The molecule has 0 spiro atoms. The SMILES string of the molecule is CC[C@@H](N)/C=C/C(=O)OC. The van der Waals surface area contributed by atoms with Gasteiger partial charge in [-0.3, -0.25) is 0 Å². The molecule has 0 fully saturated rings. The summed E-state index contributed by atoms with van der Waals surface area (Å²) in [5.41, 5.74) is 5.48. The lowest BCUT2D eigenvalue weighted by Crippen LogP contribution is -2.15. The molecule has 0 rings (SSSR count). The first kappa shape index (κ1) is 9.17. The van der Waals surface area contributed by atoms with Crippen molar-refractivity contribution in [3.63, 3.8) is 0 Å². The summed E-state index contributed by atoms with van der Waals surface area (Å²) >= 11 is 0. The predicted octanol–water partition coefficient (Wildman–Crippen LogP) is 0.453. The van der Waals surface area contributed by atoms with Gasteiger partial charge in [0.1, 0.15) is 0 Å². The van der Waals surface area contributed by atoms with Gasteiger partial charge in [0.25, 0.3) is 0 Å². The Hall–Kier alpha value is -0.830. The van der Waals surface area contributed by atoms with Gasteiger partial charge in [0, 0.05) is 12.1 Å². The Morgan fingerprint density at radius 3 is 2.80 bits per heavy atom. The largest absolute Gasteiger partial charge is 0.466 e. The van der Waals surface area contributed by atoms with Gasteiger partial charge < -0.3 is 10.5 Å². The molecule has 1 atom stereocenters. The van der Waals surface area contributed by atoms with Crippen molar-refractivity contribution in [2.24, 2.45) is 5.73 Å². The molecule has 0 aliphatic carbocycles. The van der Waals surface area contributed by atoms with Crippen molar-refractivity contribution >= 4 is 5.97 Å². The van der Waals surface area contributed by atoms with Gasteiger partial charge in [0.15, 0.2) is 0 Å². The average Bonchev–Trinajstić information content (AvgIpc) is 1.99. The van der Waals surface area contributed by atoms with Crippen LogP contribution in [-0.4, -0.2) is 19.1 Å². The molecule has 10 heavy (non-hydrogen) atoms. The standard InChI is InChI=1S/C7H13NO2/c1-3-6(8)4-5-7(9)10-2/h4-6H,3,8H2,1-2H3/b5-4+/t6-/m1/s1. The molecule has 0 amide bonds. The van der Waals surface area contributed by atoms with Crippen LogP contribution in [0.25, 0.3) is 0 Å². The highest BCUT2D eigenvalue weighted by atomic mass is 16.5. The fourth-order valence-corrected chi connectivity index (χ4v) is 0.406. The van der Waals surface area contributed by atoms with Gasteiger partial charge >= 0.3 is 5.97 Å². The van der Waals surface area contributed by atoms with E-state index in [1.54, 1.807) is 6.08 Å². The summed E-state index contributed by atoms with van der Waals surface area (Å²) in [5, 5.41) is 0. The summed E-state index contributed by atoms with van der Waals surface area (Å²) in [7, 11) is 1.34. The third-order valence-corrected chi connectivity index (χ3v) is 1.15. The maximum Gasteiger partial charge on any atom is 0.330 e. The zero-order valence-corrected chi connectivity index (χ0v) is 6.33. The van der Waals surface area contributed by atoms with Crippen molar-refractivity contribution in [3.05, 3.63) is 12.2 Å². The molecule has 0 aromatic heterocycles. The summed E-state index contributed by atoms with van der Waals surface area (Å²) in [5.74, 6) is -0.357. The second-order valence-electron chi connectivity index (χ2n) is 1.95. The molecule has 3 nitrogen and oxygen atoms in total. The molecule has 0 saturated heterocycles. The molecule has 0 heterocycles. The van der Waals surface area contributed by atoms with Crippen LogP contribution in [0, 0.1) is 0 Å². The van der Waals surface area contributed by atoms with E-state index in [9.17, 15) is 4.79 Å². The lowest BCUT2D eigenvalue weighted by molar-refractivity contribution is -0.134. The molecule has 58 valence electrons. The third kappa shape index (κ3) is 4.09. The van der Waals surface area contributed by atoms with E-state index >= 15 is 0 Å². The molecule has 0 bridgehead atoms. The van der Waals surface area contributed by atoms with Gasteiger partial charge in [-0.05, 0) is 6.42 Å². The highest BCUT2D eigenvalue weighted by Crippen LogP contribution is 1.88. The third-order valence-electron chi connectivity index (χ3n) is 1.15. The molecular formula is C7H13NO2. The van der Waals surface area contributed by atoms with E-state index < -0.39 is 0 Å². The number of carbonyl (C=O) groups is 1. The summed E-state index contributed by atoms with van der Waals surface area (Å²) in [6.07, 6.45) is 3.80. The first-order valence-corrected chi connectivity index (χ1v) is 3.22. The molecule has 0 aromatic carbocycles. The summed E-state index contributed by atoms with van der Waals surface area (Å²) < 4.78 is 4.36. The Balaban J connectivity index is 3.63. The molecule has 0 aromatic rings. The number of ether oxygens (including phenoxy) is 1. The van der Waals surface area contributed by atoms with Gasteiger partial charge in [0.2, 0.25) is 0 Å². The van der Waals surface area contributed by atoms with E-state index in [2.05, 4.69) is 4.74 Å². The van der Waals surface area contributed by atoms with Crippen molar-refractivity contribution < 1.29 is 9.53 Å². The highest BCUT2D eigenvalue weighted by molar-refractivity contribution is 5.81. The van der Waals surface area contributed by atoms with E-state index in [0.29, 0.717) is 0 Å². The van der Waals surface area contributed by atoms with Crippen molar-refractivity contribution in [1.82, 2.24) is 0 Å². The lowest BCUT2D eigenvalue weighted by atomic mass is 10.2. The Bertz CT molecular complexity index is 132. The van der Waals surface area contributed by atoms with Crippen molar-refractivity contribution in [1.29, 1.82) is 0 Å². The van der Waals surface area contributed by atoms with Gasteiger partial charge in [-0.2, -0.15) is 0 Å².